The van der Waals surface area contributed by atoms with Gasteiger partial charge in [-0.1, -0.05) is 60.1 Å². The lowest BCUT2D eigenvalue weighted by Gasteiger charge is -2.71. The van der Waals surface area contributed by atoms with Crippen molar-refractivity contribution in [1.29, 1.82) is 0 Å². The Bertz CT molecular complexity index is 874. The van der Waals surface area contributed by atoms with Gasteiger partial charge in [-0.15, -0.1) is 0 Å². The largest absolute Gasteiger partial charge is 0.481 e. The lowest BCUT2D eigenvalue weighted by molar-refractivity contribution is -0.206. The van der Waals surface area contributed by atoms with Crippen molar-refractivity contribution in [2.45, 2.75) is 112 Å². The van der Waals surface area contributed by atoms with E-state index in [0.717, 1.165) is 44.9 Å². The second-order valence-corrected chi connectivity index (χ2v) is 14.5. The van der Waals surface area contributed by atoms with Crippen LogP contribution in [0.2, 0.25) is 0 Å². The van der Waals surface area contributed by atoms with E-state index in [1.807, 2.05) is 0 Å². The summed E-state index contributed by atoms with van der Waals surface area (Å²) in [7, 11) is 0. The third kappa shape index (κ3) is 2.75. The van der Waals surface area contributed by atoms with Crippen LogP contribution in [0.15, 0.2) is 11.6 Å². The lowest BCUT2D eigenvalue weighted by atomic mass is 9.33. The molecular weight excluding hydrogens is 408 g/mol. The van der Waals surface area contributed by atoms with Crippen molar-refractivity contribution in [3.8, 4) is 0 Å². The number of fused-ring (bicyclic) bond motifs is 7. The third-order valence-corrected chi connectivity index (χ3v) is 13.4. The van der Waals surface area contributed by atoms with E-state index in [1.165, 1.54) is 18.4 Å². The summed E-state index contributed by atoms with van der Waals surface area (Å²) in [5, 5.41) is 21.4. The molecule has 1 unspecified atom stereocenters. The number of rotatable bonds is 1. The molecule has 0 amide bonds. The summed E-state index contributed by atoms with van der Waals surface area (Å²) in [6.45, 7) is 17.0. The SMILES string of the molecule is C[C@H]1[C@H](C)CC[C@]2(C(=O)O)CC[C@]3(C)C(=CC[C@@H]4[C@]5(C)CC[C@H](O)C(C)(C)C5CC[C@]43C)[C@H]12. The Morgan fingerprint density at radius 1 is 0.909 bits per heavy atom. The van der Waals surface area contributed by atoms with Crippen molar-refractivity contribution in [2.75, 3.05) is 0 Å². The maximum absolute atomic E-state index is 12.8. The fourth-order valence-electron chi connectivity index (χ4n) is 10.8. The quantitative estimate of drug-likeness (QED) is 0.414. The molecule has 0 spiro atoms. The average molecular weight is 457 g/mol. The number of carbonyl (C=O) groups is 1. The molecule has 0 bridgehead atoms. The first kappa shape index (κ1) is 23.9. The van der Waals surface area contributed by atoms with Gasteiger partial charge in [0.15, 0.2) is 0 Å². The molecule has 186 valence electrons. The average Bonchev–Trinajstić information content (AvgIpc) is 2.74. The van der Waals surface area contributed by atoms with Gasteiger partial charge >= 0.3 is 5.97 Å². The van der Waals surface area contributed by atoms with Crippen molar-refractivity contribution in [1.82, 2.24) is 0 Å². The normalized spacial score (nSPS) is 55.3. The van der Waals surface area contributed by atoms with Crippen LogP contribution in [0, 0.1) is 56.7 Å². The van der Waals surface area contributed by atoms with Gasteiger partial charge in [0.2, 0.25) is 0 Å². The number of aliphatic hydroxyl groups excluding tert-OH is 1. The number of hydrogen-bond donors (Lipinski definition) is 2. The molecule has 0 saturated heterocycles. The molecule has 4 saturated carbocycles. The lowest BCUT2D eigenvalue weighted by Crippen LogP contribution is -2.65. The predicted octanol–water partition coefficient (Wildman–Crippen LogP) is 7.09. The molecule has 33 heavy (non-hydrogen) atoms. The second kappa shape index (κ2) is 7.11. The smallest absolute Gasteiger partial charge is 0.310 e. The Morgan fingerprint density at radius 2 is 1.61 bits per heavy atom. The second-order valence-electron chi connectivity index (χ2n) is 14.5. The van der Waals surface area contributed by atoms with E-state index in [2.05, 4.69) is 54.5 Å². The van der Waals surface area contributed by atoms with Crippen LogP contribution in [-0.2, 0) is 4.79 Å². The fourth-order valence-corrected chi connectivity index (χ4v) is 10.8. The first-order valence-electron chi connectivity index (χ1n) is 13.9. The number of hydrogen-bond acceptors (Lipinski definition) is 2. The van der Waals surface area contributed by atoms with Gasteiger partial charge < -0.3 is 10.2 Å². The maximum atomic E-state index is 12.8. The molecule has 0 aromatic heterocycles. The summed E-state index contributed by atoms with van der Waals surface area (Å²) in [5.74, 6) is 1.82. The minimum Gasteiger partial charge on any atom is -0.481 e. The molecule has 4 fully saturated rings. The van der Waals surface area contributed by atoms with E-state index in [9.17, 15) is 15.0 Å². The molecule has 0 radical (unpaired) electrons. The summed E-state index contributed by atoms with van der Waals surface area (Å²) in [6, 6.07) is 0. The molecule has 0 aromatic rings. The van der Waals surface area contributed by atoms with E-state index >= 15 is 0 Å². The van der Waals surface area contributed by atoms with Crippen LogP contribution in [0.3, 0.4) is 0 Å². The number of allylic oxidation sites excluding steroid dienone is 2. The van der Waals surface area contributed by atoms with Crippen LogP contribution in [0.5, 0.6) is 0 Å². The summed E-state index contributed by atoms with van der Waals surface area (Å²) in [6.07, 6.45) is 11.6. The number of aliphatic carboxylic acids is 1. The zero-order valence-electron chi connectivity index (χ0n) is 22.2. The van der Waals surface area contributed by atoms with Gasteiger partial charge in [-0.25, -0.2) is 0 Å². The molecular formula is C30H48O3. The first-order chi connectivity index (χ1) is 15.3. The van der Waals surface area contributed by atoms with Gasteiger partial charge in [-0.2, -0.15) is 0 Å². The standard InChI is InChI=1S/C30H48O3/c1-18-10-15-30(25(32)33)17-16-28(6)20(24(30)19(18)2)8-9-22-27(5)13-12-23(31)26(3,4)21(27)11-14-29(22,28)7/h8,18-19,21-24,31H,9-17H2,1-7H3,(H,32,33)/t18-,19+,21?,22-,23+,24+,27-,28-,29-,30+/m1/s1. The Morgan fingerprint density at radius 3 is 2.27 bits per heavy atom. The molecule has 3 nitrogen and oxygen atoms in total. The van der Waals surface area contributed by atoms with E-state index < -0.39 is 11.4 Å². The highest BCUT2D eigenvalue weighted by atomic mass is 16.4. The minimum absolute atomic E-state index is 0.0302. The van der Waals surface area contributed by atoms with E-state index in [4.69, 9.17) is 0 Å². The highest BCUT2D eigenvalue weighted by molar-refractivity contribution is 5.76. The zero-order valence-corrected chi connectivity index (χ0v) is 22.2. The molecule has 0 aliphatic heterocycles. The summed E-state index contributed by atoms with van der Waals surface area (Å²) >= 11 is 0. The van der Waals surface area contributed by atoms with Gasteiger partial charge in [0, 0.05) is 0 Å². The van der Waals surface area contributed by atoms with Crippen molar-refractivity contribution in [3.63, 3.8) is 0 Å². The van der Waals surface area contributed by atoms with Gasteiger partial charge in [-0.3, -0.25) is 4.79 Å². The van der Waals surface area contributed by atoms with Crippen LogP contribution >= 0.6 is 0 Å². The van der Waals surface area contributed by atoms with E-state index in [0.29, 0.717) is 23.7 Å². The molecule has 5 rings (SSSR count). The predicted molar refractivity (Wildman–Crippen MR) is 133 cm³/mol. The fraction of sp³-hybridized carbons (Fsp3) is 0.900. The van der Waals surface area contributed by atoms with Crippen LogP contribution in [-0.4, -0.2) is 22.3 Å². The Balaban J connectivity index is 1.61. The molecule has 5 aliphatic rings. The van der Waals surface area contributed by atoms with Crippen LogP contribution in [0.25, 0.3) is 0 Å². The van der Waals surface area contributed by atoms with Gasteiger partial charge in [0.25, 0.3) is 0 Å². The van der Waals surface area contributed by atoms with Gasteiger partial charge in [0.1, 0.15) is 0 Å². The molecule has 5 aliphatic carbocycles. The highest BCUT2D eigenvalue weighted by Crippen LogP contribution is 2.75. The third-order valence-electron chi connectivity index (χ3n) is 13.4. The number of aliphatic hydroxyl groups is 1. The molecule has 0 heterocycles. The maximum Gasteiger partial charge on any atom is 0.310 e. The Labute approximate surface area is 201 Å². The minimum atomic E-state index is -0.557. The van der Waals surface area contributed by atoms with E-state index in [1.54, 1.807) is 0 Å². The summed E-state index contributed by atoms with van der Waals surface area (Å²) in [5.41, 5.74) is 1.46. The van der Waals surface area contributed by atoms with Crippen molar-refractivity contribution < 1.29 is 15.0 Å². The summed E-state index contributed by atoms with van der Waals surface area (Å²) in [4.78, 5) is 12.8. The van der Waals surface area contributed by atoms with Crippen molar-refractivity contribution >= 4 is 5.97 Å². The van der Waals surface area contributed by atoms with Crippen LogP contribution in [0.1, 0.15) is 106 Å². The Hall–Kier alpha value is -0.830. The molecule has 0 aromatic carbocycles. The van der Waals surface area contributed by atoms with Crippen molar-refractivity contribution in [2.24, 2.45) is 56.7 Å². The van der Waals surface area contributed by atoms with E-state index in [-0.39, 0.29) is 33.7 Å². The number of carboxylic acids is 1. The molecule has 10 atom stereocenters. The molecule has 2 N–H and O–H groups in total. The molecule has 3 heteroatoms. The monoisotopic (exact) mass is 456 g/mol. The summed E-state index contributed by atoms with van der Waals surface area (Å²) < 4.78 is 0. The van der Waals surface area contributed by atoms with Crippen LogP contribution in [0.4, 0.5) is 0 Å². The van der Waals surface area contributed by atoms with Crippen molar-refractivity contribution in [3.05, 3.63) is 11.6 Å². The number of carboxylic acid groups (broad SMARTS) is 1. The first-order valence-corrected chi connectivity index (χ1v) is 13.9. The van der Waals surface area contributed by atoms with Gasteiger partial charge in [-0.05, 0) is 109 Å². The van der Waals surface area contributed by atoms with Crippen LogP contribution < -0.4 is 0 Å². The highest BCUT2D eigenvalue weighted by Gasteiger charge is 2.69. The Kier molecular flexibility index (Phi) is 5.15. The van der Waals surface area contributed by atoms with Gasteiger partial charge in [0.05, 0.1) is 11.5 Å². The topological polar surface area (TPSA) is 57.5 Å². The zero-order chi connectivity index (χ0) is 24.2.